The number of aromatic amines is 1. The van der Waals surface area contributed by atoms with Crippen molar-refractivity contribution in [2.75, 3.05) is 26.2 Å². The van der Waals surface area contributed by atoms with Crippen molar-refractivity contribution < 1.29 is 4.79 Å². The normalized spacial score (nSPS) is 15.0. The molecule has 1 amide bonds. The molecule has 0 unspecified atom stereocenters. The standard InChI is InChI=1S/C22H23N7O/c1-16-6-8-17(9-7-16)29-21(24-25-26-29)15-27-10-12-28(13-11-27)22(30)19-14-23-20-5-3-2-4-18(19)20/h2-9,14,23H,10-13,15H2,1H3. The van der Waals surface area contributed by atoms with E-state index in [1.807, 2.05) is 47.5 Å². The second-order valence-electron chi connectivity index (χ2n) is 7.66. The Hall–Kier alpha value is -3.52. The summed E-state index contributed by atoms with van der Waals surface area (Å²) in [5.41, 5.74) is 3.88. The Labute approximate surface area is 174 Å². The third-order valence-electron chi connectivity index (χ3n) is 5.66. The minimum atomic E-state index is 0.0802. The maximum absolute atomic E-state index is 13.0. The summed E-state index contributed by atoms with van der Waals surface area (Å²) in [5.74, 6) is 0.881. The van der Waals surface area contributed by atoms with Gasteiger partial charge in [0.05, 0.1) is 17.8 Å². The molecule has 2 aromatic carbocycles. The molecule has 0 spiro atoms. The lowest BCUT2D eigenvalue weighted by molar-refractivity contribution is 0.0626. The first-order valence-electron chi connectivity index (χ1n) is 10.1. The van der Waals surface area contributed by atoms with Crippen LogP contribution in [0.4, 0.5) is 0 Å². The van der Waals surface area contributed by atoms with Crippen LogP contribution >= 0.6 is 0 Å². The van der Waals surface area contributed by atoms with Crippen molar-refractivity contribution in [3.05, 3.63) is 71.7 Å². The molecule has 8 nitrogen and oxygen atoms in total. The number of nitrogens with one attached hydrogen (secondary N) is 1. The minimum absolute atomic E-state index is 0.0802. The summed E-state index contributed by atoms with van der Waals surface area (Å²) in [6.07, 6.45) is 1.81. The van der Waals surface area contributed by atoms with Crippen LogP contribution in [0, 0.1) is 6.92 Å². The number of aryl methyl sites for hydroxylation is 1. The Bertz CT molecular complexity index is 1170. The quantitative estimate of drug-likeness (QED) is 0.568. The molecule has 2 aromatic heterocycles. The Kier molecular flexibility index (Phi) is 4.76. The summed E-state index contributed by atoms with van der Waals surface area (Å²) in [6.45, 7) is 5.65. The molecule has 1 aliphatic rings. The van der Waals surface area contributed by atoms with Gasteiger partial charge in [0, 0.05) is 43.3 Å². The topological polar surface area (TPSA) is 82.9 Å². The molecule has 0 aliphatic carbocycles. The van der Waals surface area contributed by atoms with Crippen molar-refractivity contribution in [3.8, 4) is 5.69 Å². The zero-order valence-corrected chi connectivity index (χ0v) is 16.8. The van der Waals surface area contributed by atoms with Crippen LogP contribution in [0.25, 0.3) is 16.6 Å². The van der Waals surface area contributed by atoms with Crippen molar-refractivity contribution in [3.63, 3.8) is 0 Å². The number of piperazine rings is 1. The van der Waals surface area contributed by atoms with Crippen LogP contribution in [-0.4, -0.2) is 67.1 Å². The van der Waals surface area contributed by atoms with Crippen molar-refractivity contribution >= 4 is 16.8 Å². The van der Waals surface area contributed by atoms with Gasteiger partial charge in [0.1, 0.15) is 0 Å². The molecule has 1 aliphatic heterocycles. The van der Waals surface area contributed by atoms with E-state index < -0.39 is 0 Å². The number of para-hydroxylation sites is 1. The van der Waals surface area contributed by atoms with Crippen LogP contribution in [-0.2, 0) is 6.54 Å². The number of rotatable bonds is 4. The third kappa shape index (κ3) is 3.46. The van der Waals surface area contributed by atoms with Gasteiger partial charge in [-0.15, -0.1) is 5.10 Å². The number of hydrogen-bond acceptors (Lipinski definition) is 5. The van der Waals surface area contributed by atoms with Gasteiger partial charge in [-0.2, -0.15) is 4.68 Å². The lowest BCUT2D eigenvalue weighted by Gasteiger charge is -2.34. The number of H-pyrrole nitrogens is 1. The highest BCUT2D eigenvalue weighted by Gasteiger charge is 2.25. The van der Waals surface area contributed by atoms with Crippen molar-refractivity contribution in [2.45, 2.75) is 13.5 Å². The van der Waals surface area contributed by atoms with Gasteiger partial charge in [0.15, 0.2) is 5.82 Å². The Morgan fingerprint density at radius 1 is 1.03 bits per heavy atom. The first-order valence-corrected chi connectivity index (χ1v) is 10.1. The van der Waals surface area contributed by atoms with Crippen LogP contribution in [0.2, 0.25) is 0 Å². The molecular formula is C22H23N7O. The summed E-state index contributed by atoms with van der Waals surface area (Å²) in [6, 6.07) is 16.0. The fourth-order valence-electron chi connectivity index (χ4n) is 3.92. The van der Waals surface area contributed by atoms with Gasteiger partial charge in [-0.25, -0.2) is 0 Å². The average molecular weight is 401 g/mol. The molecule has 0 atom stereocenters. The highest BCUT2D eigenvalue weighted by atomic mass is 16.2. The number of amides is 1. The largest absolute Gasteiger partial charge is 0.360 e. The predicted octanol–water partition coefficient (Wildman–Crippen LogP) is 2.41. The van der Waals surface area contributed by atoms with E-state index >= 15 is 0 Å². The number of tetrazole rings is 1. The first-order chi connectivity index (χ1) is 14.7. The molecule has 3 heterocycles. The lowest BCUT2D eigenvalue weighted by Crippen LogP contribution is -2.48. The molecule has 1 N–H and O–H groups in total. The maximum atomic E-state index is 13.0. The molecule has 1 fully saturated rings. The maximum Gasteiger partial charge on any atom is 0.256 e. The van der Waals surface area contributed by atoms with E-state index in [0.717, 1.165) is 41.1 Å². The molecule has 0 bridgehead atoms. The van der Waals surface area contributed by atoms with Crippen molar-refractivity contribution in [1.82, 2.24) is 35.0 Å². The molecule has 8 heteroatoms. The molecule has 0 radical (unpaired) electrons. The van der Waals surface area contributed by atoms with E-state index in [4.69, 9.17) is 0 Å². The molecule has 1 saturated heterocycles. The van der Waals surface area contributed by atoms with Gasteiger partial charge in [0.25, 0.3) is 5.91 Å². The second kappa shape index (κ2) is 7.72. The molecule has 152 valence electrons. The number of aromatic nitrogens is 5. The van der Waals surface area contributed by atoms with E-state index in [2.05, 4.69) is 44.5 Å². The predicted molar refractivity (Wildman–Crippen MR) is 113 cm³/mol. The lowest BCUT2D eigenvalue weighted by atomic mass is 10.1. The zero-order valence-electron chi connectivity index (χ0n) is 16.8. The molecular weight excluding hydrogens is 378 g/mol. The summed E-state index contributed by atoms with van der Waals surface area (Å²) in [4.78, 5) is 20.4. The average Bonchev–Trinajstić information content (AvgIpc) is 3.41. The first kappa shape index (κ1) is 18.5. The Balaban J connectivity index is 1.24. The summed E-state index contributed by atoms with van der Waals surface area (Å²) in [5, 5.41) is 13.2. The van der Waals surface area contributed by atoms with Gasteiger partial charge in [-0.1, -0.05) is 35.9 Å². The van der Waals surface area contributed by atoms with Gasteiger partial charge in [0.2, 0.25) is 0 Å². The Morgan fingerprint density at radius 2 is 1.80 bits per heavy atom. The van der Waals surface area contributed by atoms with Crippen LogP contribution in [0.1, 0.15) is 21.7 Å². The van der Waals surface area contributed by atoms with E-state index in [0.29, 0.717) is 19.6 Å². The molecule has 30 heavy (non-hydrogen) atoms. The zero-order chi connectivity index (χ0) is 20.5. The van der Waals surface area contributed by atoms with Gasteiger partial charge < -0.3 is 9.88 Å². The monoisotopic (exact) mass is 401 g/mol. The number of nitrogens with zero attached hydrogens (tertiary/aromatic N) is 6. The number of hydrogen-bond donors (Lipinski definition) is 1. The van der Waals surface area contributed by atoms with E-state index in [9.17, 15) is 4.79 Å². The number of fused-ring (bicyclic) bond motifs is 1. The molecule has 4 aromatic rings. The number of benzene rings is 2. The Morgan fingerprint density at radius 3 is 2.60 bits per heavy atom. The molecule has 5 rings (SSSR count). The molecule has 0 saturated carbocycles. The number of carbonyl (C=O) groups excluding carboxylic acids is 1. The fourth-order valence-corrected chi connectivity index (χ4v) is 3.92. The van der Waals surface area contributed by atoms with Crippen molar-refractivity contribution in [1.29, 1.82) is 0 Å². The highest BCUT2D eigenvalue weighted by molar-refractivity contribution is 6.06. The van der Waals surface area contributed by atoms with Gasteiger partial charge in [-0.3, -0.25) is 9.69 Å². The van der Waals surface area contributed by atoms with E-state index in [-0.39, 0.29) is 5.91 Å². The summed E-state index contributed by atoms with van der Waals surface area (Å²) in [7, 11) is 0. The second-order valence-corrected chi connectivity index (χ2v) is 7.66. The van der Waals surface area contributed by atoms with Crippen LogP contribution in [0.15, 0.2) is 54.7 Å². The van der Waals surface area contributed by atoms with Crippen LogP contribution in [0.3, 0.4) is 0 Å². The summed E-state index contributed by atoms with van der Waals surface area (Å²) >= 11 is 0. The van der Waals surface area contributed by atoms with Crippen molar-refractivity contribution in [2.24, 2.45) is 0 Å². The van der Waals surface area contributed by atoms with E-state index in [1.54, 1.807) is 4.68 Å². The third-order valence-corrected chi connectivity index (χ3v) is 5.66. The van der Waals surface area contributed by atoms with Gasteiger partial charge >= 0.3 is 0 Å². The SMILES string of the molecule is Cc1ccc(-n2nnnc2CN2CCN(C(=O)c3c[nH]c4ccccc34)CC2)cc1. The van der Waals surface area contributed by atoms with E-state index in [1.165, 1.54) is 5.56 Å². The van der Waals surface area contributed by atoms with Crippen LogP contribution in [0.5, 0.6) is 0 Å². The highest BCUT2D eigenvalue weighted by Crippen LogP contribution is 2.20. The van der Waals surface area contributed by atoms with Gasteiger partial charge in [-0.05, 0) is 35.5 Å². The fraction of sp³-hybridized carbons (Fsp3) is 0.273. The number of carbonyl (C=O) groups is 1. The summed E-state index contributed by atoms with van der Waals surface area (Å²) < 4.78 is 1.78. The smallest absolute Gasteiger partial charge is 0.256 e. The van der Waals surface area contributed by atoms with Crippen LogP contribution < -0.4 is 0 Å². The minimum Gasteiger partial charge on any atom is -0.360 e.